The van der Waals surface area contributed by atoms with Crippen molar-refractivity contribution in [3.05, 3.63) is 59.2 Å². The highest BCUT2D eigenvalue weighted by atomic mass is 16.5. The van der Waals surface area contributed by atoms with E-state index in [4.69, 9.17) is 19.5 Å². The first-order valence-electron chi connectivity index (χ1n) is 7.03. The average molecular weight is 311 g/mol. The molecule has 0 aliphatic rings. The van der Waals surface area contributed by atoms with Crippen molar-refractivity contribution in [3.8, 4) is 17.6 Å². The van der Waals surface area contributed by atoms with Crippen LogP contribution in [-0.4, -0.2) is 20.2 Å². The molecule has 0 atom stereocenters. The maximum absolute atomic E-state index is 11.8. The van der Waals surface area contributed by atoms with E-state index in [0.29, 0.717) is 29.2 Å². The van der Waals surface area contributed by atoms with Gasteiger partial charge in [0.2, 0.25) is 0 Å². The highest BCUT2D eigenvalue weighted by molar-refractivity contribution is 5.92. The second kappa shape index (κ2) is 7.85. The number of benzene rings is 2. The Morgan fingerprint density at radius 2 is 1.87 bits per heavy atom. The second-order valence-corrected chi connectivity index (χ2v) is 4.72. The van der Waals surface area contributed by atoms with Crippen molar-refractivity contribution in [2.75, 3.05) is 14.2 Å². The van der Waals surface area contributed by atoms with Crippen LogP contribution in [0.3, 0.4) is 0 Å². The fourth-order valence-electron chi connectivity index (χ4n) is 2.23. The van der Waals surface area contributed by atoms with E-state index in [1.807, 2.05) is 36.4 Å². The first kappa shape index (κ1) is 16.4. The van der Waals surface area contributed by atoms with Crippen molar-refractivity contribution < 1.29 is 19.0 Å². The van der Waals surface area contributed by atoms with Gasteiger partial charge in [-0.3, -0.25) is 0 Å². The summed E-state index contributed by atoms with van der Waals surface area (Å²) in [6.45, 7) is 0.362. The van der Waals surface area contributed by atoms with Crippen LogP contribution in [0.5, 0.6) is 11.5 Å². The summed E-state index contributed by atoms with van der Waals surface area (Å²) in [6, 6.07) is 15.0. The van der Waals surface area contributed by atoms with Crippen molar-refractivity contribution in [1.29, 1.82) is 5.26 Å². The maximum Gasteiger partial charge on any atom is 0.338 e. The first-order valence-corrected chi connectivity index (χ1v) is 7.03. The molecule has 0 radical (unpaired) electrons. The zero-order chi connectivity index (χ0) is 16.7. The Hall–Kier alpha value is -3.00. The van der Waals surface area contributed by atoms with Crippen LogP contribution in [0, 0.1) is 11.3 Å². The minimum Gasteiger partial charge on any atom is -0.493 e. The molecule has 0 aromatic heterocycles. The molecular weight excluding hydrogens is 294 g/mol. The summed E-state index contributed by atoms with van der Waals surface area (Å²) in [7, 11) is 2.78. The molecule has 0 bridgehead atoms. The van der Waals surface area contributed by atoms with Crippen LogP contribution in [0.4, 0.5) is 0 Å². The van der Waals surface area contributed by atoms with E-state index < -0.39 is 5.97 Å². The molecular formula is C18H17NO4. The van der Waals surface area contributed by atoms with Gasteiger partial charge in [-0.25, -0.2) is 4.79 Å². The van der Waals surface area contributed by atoms with Crippen LogP contribution in [0.25, 0.3) is 0 Å². The van der Waals surface area contributed by atoms with Gasteiger partial charge in [0.15, 0.2) is 11.5 Å². The molecule has 0 saturated carbocycles. The molecule has 23 heavy (non-hydrogen) atoms. The number of hydrogen-bond acceptors (Lipinski definition) is 5. The van der Waals surface area contributed by atoms with Gasteiger partial charge in [-0.1, -0.05) is 30.3 Å². The predicted octanol–water partition coefficient (Wildman–Crippen LogP) is 3.13. The van der Waals surface area contributed by atoms with Gasteiger partial charge in [-0.05, 0) is 17.7 Å². The molecule has 0 fully saturated rings. The van der Waals surface area contributed by atoms with Crippen molar-refractivity contribution in [2.45, 2.75) is 13.0 Å². The number of carbonyl (C=O) groups excluding carboxylic acids is 1. The number of esters is 1. The van der Waals surface area contributed by atoms with Crippen LogP contribution in [0.2, 0.25) is 0 Å². The minimum atomic E-state index is -0.511. The molecule has 5 heteroatoms. The number of methoxy groups -OCH3 is 2. The molecule has 0 N–H and O–H groups in total. The predicted molar refractivity (Wildman–Crippen MR) is 84.4 cm³/mol. The number of nitriles is 1. The number of hydrogen-bond donors (Lipinski definition) is 0. The van der Waals surface area contributed by atoms with Gasteiger partial charge in [-0.2, -0.15) is 5.26 Å². The Bertz CT molecular complexity index is 720. The molecule has 0 aliphatic heterocycles. The summed E-state index contributed by atoms with van der Waals surface area (Å²) >= 11 is 0. The number of nitrogens with zero attached hydrogens (tertiary/aromatic N) is 1. The van der Waals surface area contributed by atoms with E-state index in [-0.39, 0.29) is 6.42 Å². The molecule has 0 unspecified atom stereocenters. The van der Waals surface area contributed by atoms with Gasteiger partial charge in [0.25, 0.3) is 0 Å². The molecule has 0 heterocycles. The Kier molecular flexibility index (Phi) is 5.59. The molecule has 2 rings (SSSR count). The molecule has 2 aromatic rings. The van der Waals surface area contributed by atoms with Crippen LogP contribution in [0.15, 0.2) is 42.5 Å². The summed E-state index contributed by atoms with van der Waals surface area (Å²) in [6.07, 6.45) is 0.0240. The summed E-state index contributed by atoms with van der Waals surface area (Å²) in [5.74, 6) is 0.350. The third-order valence-corrected chi connectivity index (χ3v) is 3.33. The van der Waals surface area contributed by atoms with Crippen molar-refractivity contribution >= 4 is 5.97 Å². The monoisotopic (exact) mass is 311 g/mol. The zero-order valence-corrected chi connectivity index (χ0v) is 13.0. The van der Waals surface area contributed by atoms with E-state index in [9.17, 15) is 4.79 Å². The van der Waals surface area contributed by atoms with E-state index in [2.05, 4.69) is 0 Å². The minimum absolute atomic E-state index is 0.0240. The fourth-order valence-corrected chi connectivity index (χ4v) is 2.23. The Morgan fingerprint density at radius 3 is 2.48 bits per heavy atom. The summed E-state index contributed by atoms with van der Waals surface area (Å²) in [5.41, 5.74) is 1.78. The molecule has 0 spiro atoms. The Morgan fingerprint density at radius 1 is 1.13 bits per heavy atom. The Balaban J connectivity index is 2.34. The summed E-state index contributed by atoms with van der Waals surface area (Å²) < 4.78 is 15.9. The van der Waals surface area contributed by atoms with E-state index in [1.165, 1.54) is 14.2 Å². The SMILES string of the molecule is COC(=O)c1ccc(OCc2ccccc2)c(OC)c1CC#N. The van der Waals surface area contributed by atoms with Crippen LogP contribution >= 0.6 is 0 Å². The van der Waals surface area contributed by atoms with Crippen molar-refractivity contribution in [2.24, 2.45) is 0 Å². The van der Waals surface area contributed by atoms with Gasteiger partial charge in [0, 0.05) is 5.56 Å². The first-order chi connectivity index (χ1) is 11.2. The van der Waals surface area contributed by atoms with Gasteiger partial charge < -0.3 is 14.2 Å². The topological polar surface area (TPSA) is 68.6 Å². The lowest BCUT2D eigenvalue weighted by Crippen LogP contribution is -2.08. The molecule has 0 saturated heterocycles. The largest absolute Gasteiger partial charge is 0.493 e. The quantitative estimate of drug-likeness (QED) is 0.767. The van der Waals surface area contributed by atoms with Gasteiger partial charge >= 0.3 is 5.97 Å². The lowest BCUT2D eigenvalue weighted by molar-refractivity contribution is 0.0599. The summed E-state index contributed by atoms with van der Waals surface area (Å²) in [5, 5.41) is 9.02. The van der Waals surface area contributed by atoms with Crippen LogP contribution < -0.4 is 9.47 Å². The van der Waals surface area contributed by atoms with Crippen LogP contribution in [0.1, 0.15) is 21.5 Å². The molecule has 0 aliphatic carbocycles. The zero-order valence-electron chi connectivity index (χ0n) is 13.0. The van der Waals surface area contributed by atoms with Crippen LogP contribution in [-0.2, 0) is 17.8 Å². The average Bonchev–Trinajstić information content (AvgIpc) is 2.60. The molecule has 5 nitrogen and oxygen atoms in total. The van der Waals surface area contributed by atoms with E-state index in [1.54, 1.807) is 12.1 Å². The van der Waals surface area contributed by atoms with Gasteiger partial charge in [0.05, 0.1) is 32.3 Å². The fraction of sp³-hybridized carbons (Fsp3) is 0.222. The number of ether oxygens (including phenoxy) is 3. The molecule has 118 valence electrons. The van der Waals surface area contributed by atoms with Gasteiger partial charge in [0.1, 0.15) is 6.61 Å². The van der Waals surface area contributed by atoms with Gasteiger partial charge in [-0.15, -0.1) is 0 Å². The third-order valence-electron chi connectivity index (χ3n) is 3.33. The highest BCUT2D eigenvalue weighted by Gasteiger charge is 2.20. The molecule has 0 amide bonds. The normalized spacial score (nSPS) is 9.78. The lowest BCUT2D eigenvalue weighted by Gasteiger charge is -2.16. The number of carbonyl (C=O) groups is 1. The standard InChI is InChI=1S/C18H17NO4/c1-21-17-14(10-11-19)15(18(20)22-2)8-9-16(17)23-12-13-6-4-3-5-7-13/h3-9H,10,12H2,1-2H3. The maximum atomic E-state index is 11.8. The Labute approximate surface area is 135 Å². The summed E-state index contributed by atoms with van der Waals surface area (Å²) in [4.78, 5) is 11.8. The highest BCUT2D eigenvalue weighted by Crippen LogP contribution is 2.35. The van der Waals surface area contributed by atoms with Crippen molar-refractivity contribution in [3.63, 3.8) is 0 Å². The third kappa shape index (κ3) is 3.80. The lowest BCUT2D eigenvalue weighted by atomic mass is 10.0. The number of rotatable bonds is 6. The second-order valence-electron chi connectivity index (χ2n) is 4.72. The van der Waals surface area contributed by atoms with E-state index >= 15 is 0 Å². The van der Waals surface area contributed by atoms with Crippen molar-refractivity contribution in [1.82, 2.24) is 0 Å². The molecule has 2 aromatic carbocycles. The smallest absolute Gasteiger partial charge is 0.338 e. The van der Waals surface area contributed by atoms with E-state index in [0.717, 1.165) is 5.56 Å².